The van der Waals surface area contributed by atoms with Gasteiger partial charge in [-0.2, -0.15) is 0 Å². The first-order chi connectivity index (χ1) is 10.1. The van der Waals surface area contributed by atoms with Crippen LogP contribution in [-0.4, -0.2) is 46.8 Å². The molecule has 1 aliphatic heterocycles. The van der Waals surface area contributed by atoms with Gasteiger partial charge in [0.05, 0.1) is 6.61 Å². The van der Waals surface area contributed by atoms with Crippen LogP contribution in [-0.2, 0) is 0 Å². The van der Waals surface area contributed by atoms with E-state index in [1.54, 1.807) is 0 Å². The molecule has 122 valence electrons. The fraction of sp³-hybridized carbons (Fsp3) is 1.00. The first-order valence-electron chi connectivity index (χ1n) is 9.28. The van der Waals surface area contributed by atoms with E-state index in [9.17, 15) is 5.11 Å². The zero-order chi connectivity index (χ0) is 14.9. The lowest BCUT2D eigenvalue weighted by atomic mass is 9.77. The fourth-order valence-corrected chi connectivity index (χ4v) is 5.44. The number of aliphatic hydroxyl groups excluding tert-OH is 1. The largest absolute Gasteiger partial charge is 0.394 e. The fourth-order valence-electron chi connectivity index (χ4n) is 5.44. The summed E-state index contributed by atoms with van der Waals surface area (Å²) in [6, 6.07) is 2.01. The van der Waals surface area contributed by atoms with Crippen molar-refractivity contribution in [1.29, 1.82) is 0 Å². The number of hydrogen-bond donors (Lipinski definition) is 2. The first kappa shape index (κ1) is 15.8. The molecule has 4 unspecified atom stereocenters. The minimum Gasteiger partial charge on any atom is -0.394 e. The Kier molecular flexibility index (Phi) is 4.92. The summed E-state index contributed by atoms with van der Waals surface area (Å²) in [4.78, 5) is 2.84. The number of aliphatic hydroxyl groups is 1. The second-order valence-electron chi connectivity index (χ2n) is 8.13. The van der Waals surface area contributed by atoms with Gasteiger partial charge in [0.1, 0.15) is 0 Å². The van der Waals surface area contributed by atoms with Crippen LogP contribution in [0.15, 0.2) is 0 Å². The number of rotatable bonds is 4. The third-order valence-electron chi connectivity index (χ3n) is 6.24. The van der Waals surface area contributed by atoms with E-state index in [2.05, 4.69) is 24.1 Å². The Balaban J connectivity index is 1.68. The average molecular weight is 294 g/mol. The predicted molar refractivity (Wildman–Crippen MR) is 87.4 cm³/mol. The number of nitrogens with one attached hydrogen (secondary N) is 1. The van der Waals surface area contributed by atoms with Crippen LogP contribution in [0.2, 0.25) is 0 Å². The quantitative estimate of drug-likeness (QED) is 0.837. The SMILES string of the molecule is CC(C)NC1(CO)CCCC(N2CCC3CCCCC32)C1. The number of likely N-dealkylation sites (tertiary alicyclic amines) is 1. The van der Waals surface area contributed by atoms with Gasteiger partial charge in [-0.15, -0.1) is 0 Å². The molecule has 3 rings (SSSR count). The lowest BCUT2D eigenvalue weighted by Crippen LogP contribution is -2.58. The van der Waals surface area contributed by atoms with Gasteiger partial charge in [0.15, 0.2) is 0 Å². The molecule has 0 bridgehead atoms. The van der Waals surface area contributed by atoms with Gasteiger partial charge in [-0.05, 0) is 57.4 Å². The van der Waals surface area contributed by atoms with Gasteiger partial charge >= 0.3 is 0 Å². The highest BCUT2D eigenvalue weighted by molar-refractivity contribution is 5.01. The summed E-state index contributed by atoms with van der Waals surface area (Å²) >= 11 is 0. The van der Waals surface area contributed by atoms with Crippen molar-refractivity contribution in [3.05, 3.63) is 0 Å². The molecular formula is C18H34N2O. The maximum Gasteiger partial charge on any atom is 0.0613 e. The lowest BCUT2D eigenvalue weighted by Gasteiger charge is -2.47. The van der Waals surface area contributed by atoms with Gasteiger partial charge in [0.2, 0.25) is 0 Å². The van der Waals surface area contributed by atoms with Crippen LogP contribution in [0.4, 0.5) is 0 Å². The molecule has 1 saturated heterocycles. The molecule has 3 aliphatic rings. The molecule has 0 radical (unpaired) electrons. The standard InChI is InChI=1S/C18H34N2O/c1-14(2)19-18(13-21)10-5-7-16(12-18)20-11-9-15-6-3-4-8-17(15)20/h14-17,19,21H,3-13H2,1-2H3. The van der Waals surface area contributed by atoms with E-state index in [0.717, 1.165) is 24.8 Å². The van der Waals surface area contributed by atoms with Crippen molar-refractivity contribution in [2.24, 2.45) is 5.92 Å². The lowest BCUT2D eigenvalue weighted by molar-refractivity contribution is 0.0385. The van der Waals surface area contributed by atoms with Crippen molar-refractivity contribution in [1.82, 2.24) is 10.2 Å². The molecule has 0 spiro atoms. The number of fused-ring (bicyclic) bond motifs is 1. The highest BCUT2D eigenvalue weighted by atomic mass is 16.3. The van der Waals surface area contributed by atoms with Crippen LogP contribution in [0.5, 0.6) is 0 Å². The molecule has 2 N–H and O–H groups in total. The molecule has 1 heterocycles. The first-order valence-corrected chi connectivity index (χ1v) is 9.28. The van der Waals surface area contributed by atoms with Crippen molar-refractivity contribution in [3.8, 4) is 0 Å². The van der Waals surface area contributed by atoms with Crippen LogP contribution < -0.4 is 5.32 Å². The Bertz CT molecular complexity index is 346. The van der Waals surface area contributed by atoms with Gasteiger partial charge in [0.25, 0.3) is 0 Å². The summed E-state index contributed by atoms with van der Waals surface area (Å²) in [5, 5.41) is 13.7. The van der Waals surface area contributed by atoms with E-state index >= 15 is 0 Å². The highest BCUT2D eigenvalue weighted by Crippen LogP contribution is 2.41. The average Bonchev–Trinajstić information content (AvgIpc) is 2.91. The van der Waals surface area contributed by atoms with Crippen LogP contribution in [0, 0.1) is 5.92 Å². The van der Waals surface area contributed by atoms with E-state index < -0.39 is 0 Å². The highest BCUT2D eigenvalue weighted by Gasteiger charge is 2.44. The zero-order valence-electron chi connectivity index (χ0n) is 14.0. The summed E-state index contributed by atoms with van der Waals surface area (Å²) in [6.07, 6.45) is 12.1. The molecule has 0 aromatic rings. The molecule has 0 aromatic heterocycles. The summed E-state index contributed by atoms with van der Waals surface area (Å²) in [6.45, 7) is 6.01. The molecule has 2 saturated carbocycles. The van der Waals surface area contributed by atoms with E-state index in [4.69, 9.17) is 0 Å². The van der Waals surface area contributed by atoms with Crippen molar-refractivity contribution in [2.75, 3.05) is 13.2 Å². The Labute approximate surface area is 130 Å². The van der Waals surface area contributed by atoms with Gasteiger partial charge in [-0.25, -0.2) is 0 Å². The Morgan fingerprint density at radius 1 is 1.14 bits per heavy atom. The summed E-state index contributed by atoms with van der Waals surface area (Å²) in [5.74, 6) is 0.974. The normalized spacial score (nSPS) is 41.4. The minimum atomic E-state index is -0.0240. The topological polar surface area (TPSA) is 35.5 Å². The molecule has 2 aliphatic carbocycles. The molecule has 21 heavy (non-hydrogen) atoms. The Morgan fingerprint density at radius 3 is 2.71 bits per heavy atom. The van der Waals surface area contributed by atoms with Gasteiger partial charge in [-0.3, -0.25) is 4.90 Å². The van der Waals surface area contributed by atoms with Crippen LogP contribution >= 0.6 is 0 Å². The molecule has 0 aromatic carbocycles. The van der Waals surface area contributed by atoms with Crippen molar-refractivity contribution < 1.29 is 5.11 Å². The predicted octanol–water partition coefficient (Wildman–Crippen LogP) is 2.92. The van der Waals surface area contributed by atoms with Gasteiger partial charge < -0.3 is 10.4 Å². The van der Waals surface area contributed by atoms with Crippen LogP contribution in [0.1, 0.15) is 71.6 Å². The molecular weight excluding hydrogens is 260 g/mol. The smallest absolute Gasteiger partial charge is 0.0613 e. The van der Waals surface area contributed by atoms with Crippen molar-refractivity contribution in [3.63, 3.8) is 0 Å². The number of nitrogens with zero attached hydrogens (tertiary/aromatic N) is 1. The van der Waals surface area contributed by atoms with Crippen LogP contribution in [0.25, 0.3) is 0 Å². The second kappa shape index (κ2) is 6.55. The Hall–Kier alpha value is -0.120. The van der Waals surface area contributed by atoms with E-state index in [0.29, 0.717) is 18.7 Å². The number of hydrogen-bond acceptors (Lipinski definition) is 3. The monoisotopic (exact) mass is 294 g/mol. The summed E-state index contributed by atoms with van der Waals surface area (Å²) in [7, 11) is 0. The van der Waals surface area contributed by atoms with Gasteiger partial charge in [0, 0.05) is 23.7 Å². The Morgan fingerprint density at radius 2 is 1.95 bits per heavy atom. The molecule has 3 nitrogen and oxygen atoms in total. The van der Waals surface area contributed by atoms with Crippen molar-refractivity contribution >= 4 is 0 Å². The molecule has 3 fully saturated rings. The van der Waals surface area contributed by atoms with E-state index in [1.165, 1.54) is 51.5 Å². The zero-order valence-corrected chi connectivity index (χ0v) is 14.0. The summed E-state index contributed by atoms with van der Waals surface area (Å²) in [5.41, 5.74) is -0.0240. The van der Waals surface area contributed by atoms with E-state index in [-0.39, 0.29) is 5.54 Å². The minimum absolute atomic E-state index is 0.0240. The third-order valence-corrected chi connectivity index (χ3v) is 6.24. The molecule has 4 atom stereocenters. The van der Waals surface area contributed by atoms with E-state index in [1.807, 2.05) is 0 Å². The summed E-state index contributed by atoms with van der Waals surface area (Å²) < 4.78 is 0. The van der Waals surface area contributed by atoms with Gasteiger partial charge in [-0.1, -0.05) is 26.7 Å². The third kappa shape index (κ3) is 3.30. The van der Waals surface area contributed by atoms with Crippen LogP contribution in [0.3, 0.4) is 0 Å². The molecule has 0 amide bonds. The maximum atomic E-state index is 10.0. The maximum absolute atomic E-state index is 10.0. The second-order valence-corrected chi connectivity index (χ2v) is 8.13. The van der Waals surface area contributed by atoms with Crippen molar-refractivity contribution in [2.45, 2.75) is 95.3 Å². The molecule has 3 heteroatoms.